The molecule has 6 rings (SSSR count). The largest absolute Gasteiger partial charge is 0.480 e. The van der Waals surface area contributed by atoms with E-state index in [1.165, 1.54) is 0 Å². The summed E-state index contributed by atoms with van der Waals surface area (Å²) < 4.78 is 0. The third-order valence-corrected chi connectivity index (χ3v) is 13.8. The van der Waals surface area contributed by atoms with Gasteiger partial charge >= 0.3 is 5.97 Å². The molecule has 0 aliphatic rings. The molecule has 438 valence electrons. The average Bonchev–Trinajstić information content (AvgIpc) is 4.33. The smallest absolute Gasteiger partial charge is 0.326 e. The molecule has 3 aromatic heterocycles. The second kappa shape index (κ2) is 30.3. The first kappa shape index (κ1) is 61.9. The first-order valence-corrected chi connectivity index (χ1v) is 27.2. The SMILES string of the molecule is NC(N)=NCCC[C@H](NC(=O)[C@H](CS)NC(=O)[C@H](Cc1c[nH]c2ccccc12)NC(=O)[C@H](Cc1c[nH]c2ccccc12)NC(=O)[C@H](CCCN=C(N)N)NC(=O)[C@@H](N)CCCN=C(N)N)C(=O)N[C@@H](Cc1c[nH]c2ccccc12)C(=O)O. The lowest BCUT2D eigenvalue weighted by molar-refractivity contribution is -0.142. The monoisotopic (exact) mass is 1150 g/mol. The maximum atomic E-state index is 15.0. The molecule has 27 nitrogen and oxygen atoms in total. The van der Waals surface area contributed by atoms with E-state index in [0.717, 1.165) is 32.7 Å². The Balaban J connectivity index is 1.27. The number of hydrogen-bond donors (Lipinski definition) is 18. The molecule has 3 heterocycles. The van der Waals surface area contributed by atoms with Crippen molar-refractivity contribution in [3.8, 4) is 0 Å². The van der Waals surface area contributed by atoms with E-state index in [2.05, 4.69) is 74.5 Å². The Kier molecular flexibility index (Phi) is 22.9. The summed E-state index contributed by atoms with van der Waals surface area (Å²) in [6.45, 7) is 0.382. The minimum atomic E-state index is -1.43. The van der Waals surface area contributed by atoms with E-state index in [0.29, 0.717) is 23.1 Å². The number of hydrogen-bond acceptors (Lipinski definition) is 12. The molecule has 0 spiro atoms. The highest BCUT2D eigenvalue weighted by Crippen LogP contribution is 2.23. The molecule has 0 aliphatic heterocycles. The highest BCUT2D eigenvalue weighted by molar-refractivity contribution is 7.80. The fraction of sp³-hybridized carbons (Fsp3) is 0.370. The molecule has 0 aliphatic carbocycles. The first-order valence-electron chi connectivity index (χ1n) is 26.5. The Morgan fingerprint density at radius 1 is 0.439 bits per heavy atom. The van der Waals surface area contributed by atoms with Crippen LogP contribution >= 0.6 is 12.6 Å². The molecule has 6 amide bonds. The van der Waals surface area contributed by atoms with Crippen LogP contribution in [0.2, 0.25) is 0 Å². The summed E-state index contributed by atoms with van der Waals surface area (Å²) >= 11 is 4.41. The Bertz CT molecular complexity index is 3270. The Labute approximate surface area is 477 Å². The van der Waals surface area contributed by atoms with Gasteiger partial charge in [-0.2, -0.15) is 12.6 Å². The van der Waals surface area contributed by atoms with Gasteiger partial charge in [-0.25, -0.2) is 4.79 Å². The predicted octanol–water partition coefficient (Wildman–Crippen LogP) is -1.43. The van der Waals surface area contributed by atoms with Gasteiger partial charge in [0.2, 0.25) is 35.4 Å². The number of aromatic amines is 3. The number of para-hydroxylation sites is 3. The number of carbonyl (C=O) groups excluding carboxylic acids is 6. The van der Waals surface area contributed by atoms with Crippen LogP contribution in [0.5, 0.6) is 0 Å². The maximum absolute atomic E-state index is 15.0. The summed E-state index contributed by atoms with van der Waals surface area (Å²) in [7, 11) is 0. The number of benzene rings is 3. The topological polar surface area (TPSA) is 478 Å². The molecule has 82 heavy (non-hydrogen) atoms. The number of carboxylic acid groups (broad SMARTS) is 1. The van der Waals surface area contributed by atoms with Crippen LogP contribution in [0.3, 0.4) is 0 Å². The van der Waals surface area contributed by atoms with Gasteiger partial charge in [-0.3, -0.25) is 43.7 Å². The molecule has 0 fully saturated rings. The zero-order valence-corrected chi connectivity index (χ0v) is 45.9. The van der Waals surface area contributed by atoms with Crippen molar-refractivity contribution in [2.24, 2.45) is 55.1 Å². The van der Waals surface area contributed by atoms with E-state index in [4.69, 9.17) is 40.1 Å². The fourth-order valence-electron chi connectivity index (χ4n) is 9.21. The summed E-state index contributed by atoms with van der Waals surface area (Å²) in [6, 6.07) is 12.5. The number of thiol groups is 1. The van der Waals surface area contributed by atoms with Gasteiger partial charge in [0, 0.05) is 95.9 Å². The van der Waals surface area contributed by atoms with E-state index < -0.39 is 83.7 Å². The Hall–Kier alpha value is -9.31. The second-order valence-electron chi connectivity index (χ2n) is 19.5. The zero-order valence-electron chi connectivity index (χ0n) is 45.0. The average molecular weight is 1150 g/mol. The number of aliphatic carboxylic acids is 1. The minimum absolute atomic E-state index is 0.0131. The number of aliphatic imine (C=N–C) groups is 3. The lowest BCUT2D eigenvalue weighted by Gasteiger charge is -2.27. The van der Waals surface area contributed by atoms with Crippen LogP contribution in [-0.4, -0.2) is 147 Å². The van der Waals surface area contributed by atoms with Gasteiger partial charge in [-0.1, -0.05) is 54.6 Å². The van der Waals surface area contributed by atoms with Crippen molar-refractivity contribution in [2.75, 3.05) is 25.4 Å². The van der Waals surface area contributed by atoms with Gasteiger partial charge in [0.05, 0.1) is 6.04 Å². The number of nitrogens with two attached hydrogens (primary N) is 7. The van der Waals surface area contributed by atoms with Crippen LogP contribution in [0, 0.1) is 0 Å². The van der Waals surface area contributed by atoms with E-state index in [9.17, 15) is 38.7 Å². The highest BCUT2D eigenvalue weighted by Gasteiger charge is 2.35. The van der Waals surface area contributed by atoms with Gasteiger partial charge in [-0.15, -0.1) is 0 Å². The Morgan fingerprint density at radius 2 is 0.744 bits per heavy atom. The second-order valence-corrected chi connectivity index (χ2v) is 19.9. The number of amides is 6. The number of fused-ring (bicyclic) bond motifs is 3. The molecular weight excluding hydrogens is 1070 g/mol. The van der Waals surface area contributed by atoms with Crippen molar-refractivity contribution >= 4 is 105 Å². The molecule has 28 heteroatoms. The molecule has 0 radical (unpaired) electrons. The number of rotatable bonds is 32. The van der Waals surface area contributed by atoms with Gasteiger partial charge < -0.3 is 92.1 Å². The van der Waals surface area contributed by atoms with Crippen molar-refractivity contribution in [1.82, 2.24) is 46.9 Å². The van der Waals surface area contributed by atoms with Gasteiger partial charge in [0.15, 0.2) is 17.9 Å². The Morgan fingerprint density at radius 3 is 1.12 bits per heavy atom. The summed E-state index contributed by atoms with van der Waals surface area (Å²) in [5.41, 5.74) is 43.4. The molecule has 0 saturated heterocycles. The molecule has 7 atom stereocenters. The molecule has 0 saturated carbocycles. The summed E-state index contributed by atoms with van der Waals surface area (Å²) in [5.74, 6) is -6.91. The lowest BCUT2D eigenvalue weighted by atomic mass is 10.0. The van der Waals surface area contributed by atoms with Crippen LogP contribution in [0.4, 0.5) is 0 Å². The van der Waals surface area contributed by atoms with E-state index in [-0.39, 0.29) is 94.6 Å². The van der Waals surface area contributed by atoms with Gasteiger partial charge in [0.25, 0.3) is 0 Å². The van der Waals surface area contributed by atoms with Crippen LogP contribution in [0.25, 0.3) is 32.7 Å². The molecular formula is C54H73N19O8S. The van der Waals surface area contributed by atoms with E-state index in [1.807, 2.05) is 60.7 Å². The molecule has 0 bridgehead atoms. The molecule has 3 aromatic carbocycles. The predicted molar refractivity (Wildman–Crippen MR) is 317 cm³/mol. The van der Waals surface area contributed by atoms with Crippen LogP contribution in [0.1, 0.15) is 55.2 Å². The normalized spacial score (nSPS) is 13.7. The number of nitrogens with zero attached hydrogens (tertiary/aromatic N) is 3. The number of carboxylic acids is 1. The molecule has 6 aromatic rings. The fourth-order valence-corrected chi connectivity index (χ4v) is 9.47. The van der Waals surface area contributed by atoms with Crippen molar-refractivity contribution in [3.63, 3.8) is 0 Å². The maximum Gasteiger partial charge on any atom is 0.326 e. The molecule has 0 unspecified atom stereocenters. The van der Waals surface area contributed by atoms with Crippen molar-refractivity contribution in [3.05, 3.63) is 108 Å². The number of carbonyl (C=O) groups is 7. The number of nitrogens with one attached hydrogen (secondary N) is 9. The highest BCUT2D eigenvalue weighted by atomic mass is 32.1. The van der Waals surface area contributed by atoms with Gasteiger partial charge in [-0.05, 0) is 73.4 Å². The van der Waals surface area contributed by atoms with Crippen molar-refractivity contribution in [1.29, 1.82) is 0 Å². The zero-order chi connectivity index (χ0) is 59.3. The lowest BCUT2D eigenvalue weighted by Crippen LogP contribution is -2.60. The van der Waals surface area contributed by atoms with Crippen molar-refractivity contribution < 1.29 is 38.7 Å². The van der Waals surface area contributed by atoms with E-state index >= 15 is 0 Å². The van der Waals surface area contributed by atoms with Gasteiger partial charge in [0.1, 0.15) is 36.3 Å². The summed E-state index contributed by atoms with van der Waals surface area (Å²) in [5, 5.41) is 28.8. The number of H-pyrrole nitrogens is 3. The molecule has 24 N–H and O–H groups in total. The third-order valence-electron chi connectivity index (χ3n) is 13.5. The third kappa shape index (κ3) is 18.1. The minimum Gasteiger partial charge on any atom is -0.480 e. The van der Waals surface area contributed by atoms with Crippen LogP contribution in [0.15, 0.2) is 106 Å². The van der Waals surface area contributed by atoms with Crippen LogP contribution < -0.4 is 72.0 Å². The number of aromatic nitrogens is 3. The number of guanidine groups is 3. The summed E-state index contributed by atoms with van der Waals surface area (Å²) in [4.78, 5) is 120. The van der Waals surface area contributed by atoms with Crippen LogP contribution in [-0.2, 0) is 52.8 Å². The summed E-state index contributed by atoms with van der Waals surface area (Å²) in [6.07, 6.45) is 5.57. The van der Waals surface area contributed by atoms with E-state index in [1.54, 1.807) is 30.7 Å². The quantitative estimate of drug-likeness (QED) is 0.00997. The standard InChI is InChI=1S/C54H73N19O8S/c55-35(13-7-19-62-52(56)57)45(74)68-39(17-8-20-63-53(58)59)46(75)70-41(22-29-25-65-36-14-4-1-10-32(29)36)48(77)71-42(23-30-26-66-37-15-5-2-11-33(30)37)49(78)73-44(28-82)50(79)69-40(18-9-21-64-54(60)61)47(76)72-43(51(80)81)24-31-27-67-38-16-6-3-12-34(31)38/h1-6,10-12,14-16,25-27,35,39-44,65-67,82H,7-9,13,17-24,28,55H2,(H,68,74)(H,69,79)(H,70,75)(H,71,77)(H,72,76)(H,73,78)(H,80,81)(H4,56,57,62)(H4,58,59,63)(H4,60,61,64)/t35-,39-,40-,41-,42-,43-,44-/m0/s1. The first-order chi connectivity index (χ1) is 39.3. The van der Waals surface area contributed by atoms with Crippen molar-refractivity contribution in [2.45, 2.75) is 100 Å².